The van der Waals surface area contributed by atoms with E-state index in [2.05, 4.69) is 4.74 Å². The molecule has 4 rings (SSSR count). The first kappa shape index (κ1) is 25.0. The summed E-state index contributed by atoms with van der Waals surface area (Å²) in [5.41, 5.74) is 8.34. The second-order valence-electron chi connectivity index (χ2n) is 8.07. The van der Waals surface area contributed by atoms with Crippen LogP contribution in [0.4, 0.5) is 13.2 Å². The molecule has 0 radical (unpaired) electrons. The molecule has 0 saturated heterocycles. The van der Waals surface area contributed by atoms with Crippen LogP contribution in [0.1, 0.15) is 33.7 Å². The van der Waals surface area contributed by atoms with Crippen molar-refractivity contribution in [3.63, 3.8) is 0 Å². The zero-order chi connectivity index (χ0) is 26.0. The van der Waals surface area contributed by atoms with E-state index in [1.807, 2.05) is 10.6 Å². The molecule has 190 valence electrons. The molecular formula is C25H23F3N2O6. The van der Waals surface area contributed by atoms with E-state index in [9.17, 15) is 22.8 Å². The smallest absolute Gasteiger partial charge is 0.469 e. The summed E-state index contributed by atoms with van der Waals surface area (Å²) in [6, 6.07) is 10.7. The molecule has 0 fully saturated rings. The van der Waals surface area contributed by atoms with Gasteiger partial charge in [-0.05, 0) is 48.7 Å². The molecule has 1 aliphatic rings. The molecule has 2 N–H and O–H groups in total. The van der Waals surface area contributed by atoms with Crippen molar-refractivity contribution in [2.45, 2.75) is 32.7 Å². The number of primary amides is 1. The van der Waals surface area contributed by atoms with Crippen molar-refractivity contribution < 1.29 is 41.7 Å². The summed E-state index contributed by atoms with van der Waals surface area (Å²) in [5.74, 6) is -0.511. The van der Waals surface area contributed by atoms with Crippen LogP contribution in [0.2, 0.25) is 0 Å². The van der Waals surface area contributed by atoms with E-state index < -0.39 is 24.0 Å². The number of nitrogens with zero attached hydrogens (tertiary/aromatic N) is 1. The molecule has 1 aromatic heterocycles. The van der Waals surface area contributed by atoms with Crippen molar-refractivity contribution in [3.8, 4) is 28.4 Å². The van der Waals surface area contributed by atoms with Crippen LogP contribution in [-0.4, -0.2) is 36.7 Å². The van der Waals surface area contributed by atoms with Gasteiger partial charge in [0.05, 0.1) is 19.1 Å². The second-order valence-corrected chi connectivity index (χ2v) is 8.07. The number of halogens is 3. The lowest BCUT2D eigenvalue weighted by molar-refractivity contribution is -0.274. The van der Waals surface area contributed by atoms with Crippen molar-refractivity contribution in [1.82, 2.24) is 4.57 Å². The number of benzene rings is 2. The third-order valence-corrected chi connectivity index (χ3v) is 5.81. The molecule has 2 heterocycles. The molecule has 1 amide bonds. The Kier molecular flexibility index (Phi) is 6.82. The number of fused-ring (bicyclic) bond motifs is 1. The molecule has 0 spiro atoms. The van der Waals surface area contributed by atoms with E-state index in [4.69, 9.17) is 19.9 Å². The highest BCUT2D eigenvalue weighted by Gasteiger charge is 2.32. The highest BCUT2D eigenvalue weighted by Crippen LogP contribution is 2.38. The standard InChI is InChI=1S/C25H23F3N2O6/c1-14-22(24(29)32)23(16-4-3-5-17(11-16)36-25(26,27)28)18(7-9-21(31)33-2)30(14)12-15-6-8-19-20(10-15)35-13-34-19/h3-6,8,10-11H,7,9,12-13H2,1-2H3,(H2,29,32). The minimum atomic E-state index is -4.89. The molecule has 0 aliphatic carbocycles. The normalized spacial score (nSPS) is 12.5. The van der Waals surface area contributed by atoms with Crippen molar-refractivity contribution in [1.29, 1.82) is 0 Å². The quantitative estimate of drug-likeness (QED) is 0.458. The number of hydrogen-bond acceptors (Lipinski definition) is 6. The first-order valence-corrected chi connectivity index (χ1v) is 10.9. The van der Waals surface area contributed by atoms with E-state index in [-0.39, 0.29) is 37.3 Å². The van der Waals surface area contributed by atoms with Crippen molar-refractivity contribution in [2.75, 3.05) is 13.9 Å². The SMILES string of the molecule is COC(=O)CCc1c(-c2cccc(OC(F)(F)F)c2)c(C(N)=O)c(C)n1Cc1ccc2c(c1)OCO2. The van der Waals surface area contributed by atoms with Gasteiger partial charge in [0.1, 0.15) is 5.75 Å². The van der Waals surface area contributed by atoms with Crippen molar-refractivity contribution >= 4 is 11.9 Å². The van der Waals surface area contributed by atoms with Gasteiger partial charge in [-0.3, -0.25) is 9.59 Å². The Morgan fingerprint density at radius 1 is 1.11 bits per heavy atom. The van der Waals surface area contributed by atoms with Crippen molar-refractivity contribution in [3.05, 3.63) is 65.0 Å². The fourth-order valence-corrected chi connectivity index (χ4v) is 4.28. The summed E-state index contributed by atoms with van der Waals surface area (Å²) in [6.45, 7) is 2.07. The van der Waals surface area contributed by atoms with Gasteiger partial charge in [-0.25, -0.2) is 0 Å². The fourth-order valence-electron chi connectivity index (χ4n) is 4.28. The van der Waals surface area contributed by atoms with E-state index in [1.54, 1.807) is 25.1 Å². The van der Waals surface area contributed by atoms with Gasteiger partial charge >= 0.3 is 12.3 Å². The van der Waals surface area contributed by atoms with Gasteiger partial charge in [0.2, 0.25) is 6.79 Å². The number of alkyl halides is 3. The number of carbonyl (C=O) groups is 2. The number of methoxy groups -OCH3 is 1. The highest BCUT2D eigenvalue weighted by molar-refractivity contribution is 6.02. The lowest BCUT2D eigenvalue weighted by Crippen LogP contribution is -2.17. The molecule has 0 saturated carbocycles. The first-order chi connectivity index (χ1) is 17.1. The van der Waals surface area contributed by atoms with Crippen LogP contribution in [-0.2, 0) is 22.5 Å². The van der Waals surface area contributed by atoms with E-state index in [1.165, 1.54) is 19.2 Å². The number of amides is 1. The average Bonchev–Trinajstić information content (AvgIpc) is 3.38. The third-order valence-electron chi connectivity index (χ3n) is 5.81. The Bertz CT molecular complexity index is 1320. The summed E-state index contributed by atoms with van der Waals surface area (Å²) >= 11 is 0. The number of ether oxygens (including phenoxy) is 4. The highest BCUT2D eigenvalue weighted by atomic mass is 19.4. The molecular weight excluding hydrogens is 481 g/mol. The largest absolute Gasteiger partial charge is 0.573 e. The first-order valence-electron chi connectivity index (χ1n) is 10.9. The van der Waals surface area contributed by atoms with Gasteiger partial charge in [-0.15, -0.1) is 13.2 Å². The summed E-state index contributed by atoms with van der Waals surface area (Å²) in [7, 11) is 1.26. The minimum absolute atomic E-state index is 0.0228. The predicted octanol–water partition coefficient (Wildman–Crippen LogP) is 4.34. The van der Waals surface area contributed by atoms with E-state index >= 15 is 0 Å². The maximum absolute atomic E-state index is 12.8. The predicted molar refractivity (Wildman–Crippen MR) is 122 cm³/mol. The topological polar surface area (TPSA) is 102 Å². The molecule has 0 unspecified atom stereocenters. The summed E-state index contributed by atoms with van der Waals surface area (Å²) in [4.78, 5) is 24.5. The number of rotatable bonds is 8. The Labute approximate surface area is 204 Å². The third kappa shape index (κ3) is 5.24. The molecule has 11 heteroatoms. The maximum Gasteiger partial charge on any atom is 0.573 e. The average molecular weight is 504 g/mol. The summed E-state index contributed by atoms with van der Waals surface area (Å²) < 4.78 is 60.0. The fraction of sp³-hybridized carbons (Fsp3) is 0.280. The van der Waals surface area contributed by atoms with Crippen molar-refractivity contribution in [2.24, 2.45) is 5.73 Å². The van der Waals surface area contributed by atoms with Gasteiger partial charge in [0.25, 0.3) is 5.91 Å². The summed E-state index contributed by atoms with van der Waals surface area (Å²) in [6.07, 6.45) is -4.77. The number of aromatic nitrogens is 1. The van der Waals surface area contributed by atoms with Gasteiger partial charge in [0.15, 0.2) is 11.5 Å². The van der Waals surface area contributed by atoms with Gasteiger partial charge in [-0.1, -0.05) is 18.2 Å². The van der Waals surface area contributed by atoms with Gasteiger partial charge in [-0.2, -0.15) is 0 Å². The molecule has 0 bridgehead atoms. The number of carbonyl (C=O) groups excluding carboxylic acids is 2. The number of nitrogens with two attached hydrogens (primary N) is 1. The van der Waals surface area contributed by atoms with E-state index in [0.717, 1.165) is 11.6 Å². The molecule has 1 aliphatic heterocycles. The minimum Gasteiger partial charge on any atom is -0.469 e. The Balaban J connectivity index is 1.85. The lowest BCUT2D eigenvalue weighted by Gasteiger charge is -2.14. The van der Waals surface area contributed by atoms with Crippen LogP contribution in [0.5, 0.6) is 17.2 Å². The number of esters is 1. The Morgan fingerprint density at radius 3 is 2.56 bits per heavy atom. The van der Waals surface area contributed by atoms with Crippen LogP contribution in [0.15, 0.2) is 42.5 Å². The van der Waals surface area contributed by atoms with E-state index in [0.29, 0.717) is 28.5 Å². The van der Waals surface area contributed by atoms with Crippen LogP contribution < -0.4 is 19.9 Å². The van der Waals surface area contributed by atoms with Gasteiger partial charge < -0.3 is 29.2 Å². The van der Waals surface area contributed by atoms with Crippen LogP contribution in [0.25, 0.3) is 11.1 Å². The number of hydrogen-bond donors (Lipinski definition) is 1. The molecule has 0 atom stereocenters. The molecule has 8 nitrogen and oxygen atoms in total. The molecule has 3 aromatic rings. The Hall–Kier alpha value is -4.15. The lowest BCUT2D eigenvalue weighted by atomic mass is 9.97. The van der Waals surface area contributed by atoms with Crippen LogP contribution in [0, 0.1) is 6.92 Å². The van der Waals surface area contributed by atoms with Crippen LogP contribution >= 0.6 is 0 Å². The zero-order valence-corrected chi connectivity index (χ0v) is 19.5. The second kappa shape index (κ2) is 9.84. The zero-order valence-electron chi connectivity index (χ0n) is 19.5. The monoisotopic (exact) mass is 504 g/mol. The summed E-state index contributed by atoms with van der Waals surface area (Å²) in [5, 5.41) is 0. The maximum atomic E-state index is 12.8. The van der Waals surface area contributed by atoms with Gasteiger partial charge in [0, 0.05) is 23.5 Å². The molecule has 2 aromatic carbocycles. The molecule has 36 heavy (non-hydrogen) atoms. The Morgan fingerprint density at radius 2 is 1.86 bits per heavy atom. The van der Waals surface area contributed by atoms with Crippen LogP contribution in [0.3, 0.4) is 0 Å².